The van der Waals surface area contributed by atoms with Crippen LogP contribution in [0, 0.1) is 12.8 Å². The number of fused-ring (bicyclic) bond motifs is 1. The molecule has 1 aromatic carbocycles. The van der Waals surface area contributed by atoms with Crippen molar-refractivity contribution >= 4 is 22.5 Å². The molecule has 2 aromatic heterocycles. The molecule has 2 N–H and O–H groups in total. The molecule has 0 bridgehead atoms. The van der Waals surface area contributed by atoms with Gasteiger partial charge in [0, 0.05) is 30.7 Å². The van der Waals surface area contributed by atoms with Crippen molar-refractivity contribution < 1.29 is 4.79 Å². The van der Waals surface area contributed by atoms with Gasteiger partial charge >= 0.3 is 0 Å². The summed E-state index contributed by atoms with van der Waals surface area (Å²) in [6.07, 6.45) is 5.66. The first-order valence-electron chi connectivity index (χ1n) is 9.02. The zero-order valence-electron chi connectivity index (χ0n) is 15.1. The summed E-state index contributed by atoms with van der Waals surface area (Å²) in [6.45, 7) is 3.72. The number of rotatable bonds is 3. The molecule has 1 atom stereocenters. The van der Waals surface area contributed by atoms with Gasteiger partial charge in [-0.25, -0.2) is 9.97 Å². The Kier molecular flexibility index (Phi) is 4.42. The number of aromatic nitrogens is 3. The van der Waals surface area contributed by atoms with E-state index < -0.39 is 0 Å². The first kappa shape index (κ1) is 16.7. The van der Waals surface area contributed by atoms with E-state index in [1.54, 1.807) is 0 Å². The van der Waals surface area contributed by atoms with Crippen LogP contribution in [0.5, 0.6) is 0 Å². The fourth-order valence-corrected chi connectivity index (χ4v) is 3.44. The van der Waals surface area contributed by atoms with Gasteiger partial charge in [0.25, 0.3) is 0 Å². The summed E-state index contributed by atoms with van der Waals surface area (Å²) in [7, 11) is 2.01. The van der Waals surface area contributed by atoms with Gasteiger partial charge in [0.15, 0.2) is 0 Å². The molecular weight excluding hydrogens is 326 g/mol. The number of imidazole rings is 1. The Balaban J connectivity index is 1.61. The first-order chi connectivity index (χ1) is 12.6. The Labute approximate surface area is 152 Å². The number of aryl methyl sites for hydroxylation is 1. The monoisotopic (exact) mass is 349 g/mol. The highest BCUT2D eigenvalue weighted by atomic mass is 16.2. The largest absolute Gasteiger partial charge is 0.331 e. The van der Waals surface area contributed by atoms with Gasteiger partial charge in [-0.05, 0) is 43.8 Å². The molecule has 1 saturated heterocycles. The highest BCUT2D eigenvalue weighted by Crippen LogP contribution is 2.26. The second-order valence-electron chi connectivity index (χ2n) is 6.91. The second kappa shape index (κ2) is 6.88. The average Bonchev–Trinajstić information content (AvgIpc) is 3.00. The van der Waals surface area contributed by atoms with E-state index in [4.69, 9.17) is 0 Å². The maximum absolute atomic E-state index is 12.4. The zero-order valence-corrected chi connectivity index (χ0v) is 15.1. The lowest BCUT2D eigenvalue weighted by atomic mass is 9.99. The van der Waals surface area contributed by atoms with Crippen LogP contribution in [-0.4, -0.2) is 33.5 Å². The third-order valence-corrected chi connectivity index (χ3v) is 5.16. The summed E-state index contributed by atoms with van der Waals surface area (Å²) in [5.41, 5.74) is 2.17. The minimum Gasteiger partial charge on any atom is -0.331 e. The SMILES string of the molecule is Cc1ncc(-c2ccc3cnc(NC(=O)C4CCCNC4)cc3c2)n1C. The molecular formula is C20H23N5O. The molecule has 3 heterocycles. The van der Waals surface area contributed by atoms with E-state index in [0.717, 1.165) is 53.8 Å². The minimum atomic E-state index is 0.0185. The van der Waals surface area contributed by atoms with E-state index in [1.165, 1.54) is 0 Å². The van der Waals surface area contributed by atoms with Crippen molar-refractivity contribution in [2.24, 2.45) is 13.0 Å². The number of carbonyl (C=O) groups is 1. The smallest absolute Gasteiger partial charge is 0.229 e. The number of amides is 1. The number of carbonyl (C=O) groups excluding carboxylic acids is 1. The molecule has 0 aliphatic carbocycles. The topological polar surface area (TPSA) is 71.8 Å². The lowest BCUT2D eigenvalue weighted by Crippen LogP contribution is -2.37. The van der Waals surface area contributed by atoms with Crippen LogP contribution in [0.2, 0.25) is 0 Å². The van der Waals surface area contributed by atoms with Crippen LogP contribution in [0.1, 0.15) is 18.7 Å². The molecule has 6 heteroatoms. The normalized spacial score (nSPS) is 17.4. The van der Waals surface area contributed by atoms with Crippen molar-refractivity contribution in [3.8, 4) is 11.3 Å². The third kappa shape index (κ3) is 3.20. The molecule has 1 fully saturated rings. The van der Waals surface area contributed by atoms with Gasteiger partial charge in [0.05, 0.1) is 17.8 Å². The molecule has 1 aliphatic heterocycles. The molecule has 26 heavy (non-hydrogen) atoms. The van der Waals surface area contributed by atoms with Gasteiger partial charge in [-0.1, -0.05) is 12.1 Å². The Morgan fingerprint density at radius 2 is 2.12 bits per heavy atom. The number of anilines is 1. The first-order valence-corrected chi connectivity index (χ1v) is 9.02. The minimum absolute atomic E-state index is 0.0185. The van der Waals surface area contributed by atoms with E-state index >= 15 is 0 Å². The van der Waals surface area contributed by atoms with Crippen molar-refractivity contribution in [1.29, 1.82) is 0 Å². The van der Waals surface area contributed by atoms with Crippen LogP contribution in [0.25, 0.3) is 22.0 Å². The predicted molar refractivity (Wildman–Crippen MR) is 103 cm³/mol. The van der Waals surface area contributed by atoms with E-state index in [2.05, 4.69) is 43.4 Å². The van der Waals surface area contributed by atoms with E-state index in [-0.39, 0.29) is 11.8 Å². The van der Waals surface area contributed by atoms with Gasteiger partial charge in [0.2, 0.25) is 5.91 Å². The van der Waals surface area contributed by atoms with Crippen molar-refractivity contribution in [2.75, 3.05) is 18.4 Å². The Morgan fingerprint density at radius 1 is 1.23 bits per heavy atom. The summed E-state index contributed by atoms with van der Waals surface area (Å²) < 4.78 is 2.07. The summed E-state index contributed by atoms with van der Waals surface area (Å²) in [4.78, 5) is 21.2. The van der Waals surface area contributed by atoms with Crippen molar-refractivity contribution in [3.63, 3.8) is 0 Å². The Bertz CT molecular complexity index is 956. The van der Waals surface area contributed by atoms with Crippen LogP contribution in [0.4, 0.5) is 5.82 Å². The summed E-state index contributed by atoms with van der Waals surface area (Å²) in [6, 6.07) is 8.19. The van der Waals surface area contributed by atoms with Crippen LogP contribution < -0.4 is 10.6 Å². The van der Waals surface area contributed by atoms with Crippen LogP contribution in [-0.2, 0) is 11.8 Å². The molecule has 6 nitrogen and oxygen atoms in total. The van der Waals surface area contributed by atoms with Gasteiger partial charge in [0.1, 0.15) is 11.6 Å². The zero-order chi connectivity index (χ0) is 18.1. The van der Waals surface area contributed by atoms with E-state index in [9.17, 15) is 4.79 Å². The number of nitrogens with zero attached hydrogens (tertiary/aromatic N) is 3. The number of nitrogens with one attached hydrogen (secondary N) is 2. The summed E-state index contributed by atoms with van der Waals surface area (Å²) in [5, 5.41) is 8.34. The van der Waals surface area contributed by atoms with Crippen molar-refractivity contribution in [3.05, 3.63) is 42.5 Å². The lowest BCUT2D eigenvalue weighted by Gasteiger charge is -2.21. The van der Waals surface area contributed by atoms with Crippen LogP contribution in [0.15, 0.2) is 36.7 Å². The molecule has 3 aromatic rings. The molecule has 0 spiro atoms. The van der Waals surface area contributed by atoms with E-state index in [0.29, 0.717) is 5.82 Å². The molecule has 1 unspecified atom stereocenters. The summed E-state index contributed by atoms with van der Waals surface area (Å²) >= 11 is 0. The Hall–Kier alpha value is -2.73. The van der Waals surface area contributed by atoms with Crippen LogP contribution >= 0.6 is 0 Å². The standard InChI is InChI=1S/C20H23N5O/c1-13-22-12-18(25(13)2)14-5-6-15-11-23-19(9-17(15)8-14)24-20(26)16-4-3-7-21-10-16/h5-6,8-9,11-12,16,21H,3-4,7,10H2,1-2H3,(H,23,24,26). The summed E-state index contributed by atoms with van der Waals surface area (Å²) in [5.74, 6) is 1.64. The number of pyridine rings is 1. The van der Waals surface area contributed by atoms with Crippen molar-refractivity contribution in [2.45, 2.75) is 19.8 Å². The Morgan fingerprint density at radius 3 is 2.85 bits per heavy atom. The van der Waals surface area contributed by atoms with E-state index in [1.807, 2.05) is 32.4 Å². The maximum atomic E-state index is 12.4. The van der Waals surface area contributed by atoms with Gasteiger partial charge < -0.3 is 15.2 Å². The molecule has 1 aliphatic rings. The average molecular weight is 349 g/mol. The lowest BCUT2D eigenvalue weighted by molar-refractivity contribution is -0.120. The molecule has 0 saturated carbocycles. The number of benzene rings is 1. The number of hydrogen-bond acceptors (Lipinski definition) is 4. The molecule has 1 amide bonds. The fourth-order valence-electron chi connectivity index (χ4n) is 3.44. The molecule has 134 valence electrons. The quantitative estimate of drug-likeness (QED) is 0.763. The highest BCUT2D eigenvalue weighted by molar-refractivity contribution is 5.95. The number of hydrogen-bond donors (Lipinski definition) is 2. The molecule has 0 radical (unpaired) electrons. The van der Waals surface area contributed by atoms with Gasteiger partial charge in [-0.15, -0.1) is 0 Å². The predicted octanol–water partition coefficient (Wildman–Crippen LogP) is 2.88. The highest BCUT2D eigenvalue weighted by Gasteiger charge is 2.21. The van der Waals surface area contributed by atoms with Gasteiger partial charge in [-0.3, -0.25) is 4.79 Å². The second-order valence-corrected chi connectivity index (χ2v) is 6.91. The van der Waals surface area contributed by atoms with Crippen LogP contribution in [0.3, 0.4) is 0 Å². The number of piperidine rings is 1. The van der Waals surface area contributed by atoms with Crippen molar-refractivity contribution in [1.82, 2.24) is 19.9 Å². The third-order valence-electron chi connectivity index (χ3n) is 5.16. The molecule has 4 rings (SSSR count). The maximum Gasteiger partial charge on any atom is 0.229 e. The van der Waals surface area contributed by atoms with Gasteiger partial charge in [-0.2, -0.15) is 0 Å². The fraction of sp³-hybridized carbons (Fsp3) is 0.350.